The van der Waals surface area contributed by atoms with Crippen LogP contribution in [0.2, 0.25) is 0 Å². The standard InChI is InChI=1S/C23H29N3O.2ClH/c27-23(21-13-7-8-14-24-21)26-17-15-25(16-18-26)22(19-9-3-1-4-10-19)20-11-5-2-6-12-20;;/h1-6,9-12,21-22,24H,7-8,13-18H2;2*1H/t21-;;/m0../s1. The lowest BCUT2D eigenvalue weighted by molar-refractivity contribution is -0.136. The number of rotatable bonds is 4. The third-order valence-electron chi connectivity index (χ3n) is 5.83. The lowest BCUT2D eigenvalue weighted by Crippen LogP contribution is -2.55. The van der Waals surface area contributed by atoms with Gasteiger partial charge in [0.15, 0.2) is 0 Å². The van der Waals surface area contributed by atoms with Gasteiger partial charge in [-0.3, -0.25) is 9.69 Å². The van der Waals surface area contributed by atoms with Gasteiger partial charge in [-0.05, 0) is 30.5 Å². The second-order valence-electron chi connectivity index (χ2n) is 7.59. The van der Waals surface area contributed by atoms with Gasteiger partial charge in [-0.2, -0.15) is 0 Å². The molecule has 4 rings (SSSR count). The van der Waals surface area contributed by atoms with Crippen LogP contribution < -0.4 is 5.32 Å². The van der Waals surface area contributed by atoms with E-state index >= 15 is 0 Å². The van der Waals surface area contributed by atoms with E-state index in [1.54, 1.807) is 0 Å². The molecule has 2 aliphatic heterocycles. The van der Waals surface area contributed by atoms with Crippen molar-refractivity contribution < 1.29 is 4.79 Å². The first kappa shape index (κ1) is 23.7. The topological polar surface area (TPSA) is 35.6 Å². The first-order valence-corrected chi connectivity index (χ1v) is 10.2. The minimum absolute atomic E-state index is 0. The van der Waals surface area contributed by atoms with Crippen LogP contribution in [0.3, 0.4) is 0 Å². The molecule has 0 bridgehead atoms. The summed E-state index contributed by atoms with van der Waals surface area (Å²) in [4.78, 5) is 17.4. The van der Waals surface area contributed by atoms with Crippen molar-refractivity contribution in [2.75, 3.05) is 32.7 Å². The Morgan fingerprint density at radius 3 is 1.86 bits per heavy atom. The van der Waals surface area contributed by atoms with Crippen LogP contribution in [0.1, 0.15) is 36.4 Å². The van der Waals surface area contributed by atoms with Gasteiger partial charge in [0.1, 0.15) is 0 Å². The van der Waals surface area contributed by atoms with Gasteiger partial charge in [0.25, 0.3) is 0 Å². The average molecular weight is 436 g/mol. The molecule has 2 aromatic carbocycles. The summed E-state index contributed by atoms with van der Waals surface area (Å²) in [5.41, 5.74) is 2.63. The zero-order chi connectivity index (χ0) is 18.5. The number of carbonyl (C=O) groups is 1. The van der Waals surface area contributed by atoms with Crippen molar-refractivity contribution in [1.82, 2.24) is 15.1 Å². The maximum Gasteiger partial charge on any atom is 0.239 e. The maximum absolute atomic E-state index is 12.8. The molecule has 2 aliphatic rings. The summed E-state index contributed by atoms with van der Waals surface area (Å²) < 4.78 is 0. The lowest BCUT2D eigenvalue weighted by Gasteiger charge is -2.41. The third kappa shape index (κ3) is 5.73. The highest BCUT2D eigenvalue weighted by Crippen LogP contribution is 2.29. The Labute approximate surface area is 186 Å². The van der Waals surface area contributed by atoms with Gasteiger partial charge in [-0.1, -0.05) is 67.1 Å². The fraction of sp³-hybridized carbons (Fsp3) is 0.435. The highest BCUT2D eigenvalue weighted by molar-refractivity contribution is 5.85. The second-order valence-corrected chi connectivity index (χ2v) is 7.59. The molecule has 0 spiro atoms. The van der Waals surface area contributed by atoms with E-state index in [-0.39, 0.29) is 36.9 Å². The van der Waals surface area contributed by atoms with E-state index in [0.717, 1.165) is 45.6 Å². The van der Waals surface area contributed by atoms with Crippen LogP contribution in [0, 0.1) is 0 Å². The Morgan fingerprint density at radius 2 is 1.38 bits per heavy atom. The fourth-order valence-electron chi connectivity index (χ4n) is 4.37. The van der Waals surface area contributed by atoms with Gasteiger partial charge in [-0.25, -0.2) is 0 Å². The maximum atomic E-state index is 12.8. The number of amides is 1. The van der Waals surface area contributed by atoms with Crippen LogP contribution in [0.5, 0.6) is 0 Å². The molecule has 0 aliphatic carbocycles. The number of piperidine rings is 1. The molecule has 0 unspecified atom stereocenters. The number of piperazine rings is 1. The molecule has 2 heterocycles. The zero-order valence-corrected chi connectivity index (χ0v) is 18.3. The Morgan fingerprint density at radius 1 is 0.828 bits per heavy atom. The van der Waals surface area contributed by atoms with Crippen molar-refractivity contribution in [2.24, 2.45) is 0 Å². The summed E-state index contributed by atoms with van der Waals surface area (Å²) in [5, 5.41) is 3.40. The molecule has 0 radical (unpaired) electrons. The van der Waals surface area contributed by atoms with Gasteiger partial charge in [0, 0.05) is 26.2 Å². The van der Waals surface area contributed by atoms with Crippen LogP contribution in [0.15, 0.2) is 60.7 Å². The molecule has 2 fully saturated rings. The first-order valence-electron chi connectivity index (χ1n) is 10.2. The minimum atomic E-state index is 0. The molecular formula is C23H31Cl2N3O. The van der Waals surface area contributed by atoms with Crippen molar-refractivity contribution in [3.8, 4) is 0 Å². The number of halogens is 2. The molecule has 1 atom stereocenters. The second kappa shape index (κ2) is 11.6. The fourth-order valence-corrected chi connectivity index (χ4v) is 4.37. The van der Waals surface area contributed by atoms with E-state index in [1.165, 1.54) is 17.5 Å². The molecule has 0 aromatic heterocycles. The Balaban J connectivity index is 0.00000150. The molecular weight excluding hydrogens is 405 g/mol. The van der Waals surface area contributed by atoms with Crippen molar-refractivity contribution in [3.05, 3.63) is 71.8 Å². The van der Waals surface area contributed by atoms with E-state index in [4.69, 9.17) is 0 Å². The lowest BCUT2D eigenvalue weighted by atomic mass is 9.96. The van der Waals surface area contributed by atoms with Crippen molar-refractivity contribution >= 4 is 30.7 Å². The first-order chi connectivity index (χ1) is 13.3. The highest BCUT2D eigenvalue weighted by Gasteiger charge is 2.31. The number of benzene rings is 2. The zero-order valence-electron chi connectivity index (χ0n) is 16.7. The van der Waals surface area contributed by atoms with E-state index in [0.29, 0.717) is 5.91 Å². The van der Waals surface area contributed by atoms with E-state index in [2.05, 4.69) is 75.8 Å². The van der Waals surface area contributed by atoms with E-state index in [1.807, 2.05) is 0 Å². The summed E-state index contributed by atoms with van der Waals surface area (Å²) in [5.74, 6) is 0.297. The summed E-state index contributed by atoms with van der Waals surface area (Å²) in [6.45, 7) is 4.42. The normalized spacial score (nSPS) is 19.9. The molecule has 29 heavy (non-hydrogen) atoms. The molecule has 6 heteroatoms. The number of nitrogens with zero attached hydrogens (tertiary/aromatic N) is 2. The number of hydrogen-bond acceptors (Lipinski definition) is 3. The highest BCUT2D eigenvalue weighted by atomic mass is 35.5. The number of carbonyl (C=O) groups excluding carboxylic acids is 1. The summed E-state index contributed by atoms with van der Waals surface area (Å²) in [6, 6.07) is 21.7. The average Bonchev–Trinajstić information content (AvgIpc) is 2.76. The van der Waals surface area contributed by atoms with Gasteiger partial charge < -0.3 is 10.2 Å². The predicted molar refractivity (Wildman–Crippen MR) is 123 cm³/mol. The van der Waals surface area contributed by atoms with E-state index in [9.17, 15) is 4.79 Å². The Kier molecular flexibility index (Phi) is 9.44. The molecule has 2 saturated heterocycles. The van der Waals surface area contributed by atoms with Gasteiger partial charge >= 0.3 is 0 Å². The largest absolute Gasteiger partial charge is 0.339 e. The SMILES string of the molecule is Cl.Cl.O=C([C@@H]1CCCCN1)N1CCN(C(c2ccccc2)c2ccccc2)CC1. The minimum Gasteiger partial charge on any atom is -0.339 e. The summed E-state index contributed by atoms with van der Waals surface area (Å²) in [7, 11) is 0. The van der Waals surface area contributed by atoms with Crippen LogP contribution in [0.25, 0.3) is 0 Å². The molecule has 158 valence electrons. The predicted octanol–water partition coefficient (Wildman–Crippen LogP) is 3.91. The molecule has 0 saturated carbocycles. The third-order valence-corrected chi connectivity index (χ3v) is 5.83. The monoisotopic (exact) mass is 435 g/mol. The summed E-state index contributed by atoms with van der Waals surface area (Å²) >= 11 is 0. The molecule has 2 aromatic rings. The number of nitrogens with one attached hydrogen (secondary N) is 1. The molecule has 1 amide bonds. The number of hydrogen-bond donors (Lipinski definition) is 1. The van der Waals surface area contributed by atoms with Crippen LogP contribution in [-0.4, -0.2) is 54.5 Å². The summed E-state index contributed by atoms with van der Waals surface area (Å²) in [6.07, 6.45) is 3.33. The van der Waals surface area contributed by atoms with Gasteiger partial charge in [0.2, 0.25) is 5.91 Å². The van der Waals surface area contributed by atoms with Crippen molar-refractivity contribution in [1.29, 1.82) is 0 Å². The smallest absolute Gasteiger partial charge is 0.239 e. The van der Waals surface area contributed by atoms with Crippen molar-refractivity contribution in [3.63, 3.8) is 0 Å². The van der Waals surface area contributed by atoms with Crippen LogP contribution in [-0.2, 0) is 4.79 Å². The van der Waals surface area contributed by atoms with Gasteiger partial charge in [0.05, 0.1) is 12.1 Å². The van der Waals surface area contributed by atoms with Crippen LogP contribution >= 0.6 is 24.8 Å². The Bertz CT molecular complexity index is 691. The Hall–Kier alpha value is -1.59. The molecule has 1 N–H and O–H groups in total. The quantitative estimate of drug-likeness (QED) is 0.790. The molecule has 4 nitrogen and oxygen atoms in total. The van der Waals surface area contributed by atoms with Gasteiger partial charge in [-0.15, -0.1) is 24.8 Å². The van der Waals surface area contributed by atoms with E-state index < -0.39 is 0 Å². The van der Waals surface area contributed by atoms with Crippen molar-refractivity contribution in [2.45, 2.75) is 31.3 Å². The van der Waals surface area contributed by atoms with Crippen LogP contribution in [0.4, 0.5) is 0 Å².